The van der Waals surface area contributed by atoms with Crippen LogP contribution in [0, 0.1) is 6.92 Å². The average Bonchev–Trinajstić information content (AvgIpc) is 1.86. The van der Waals surface area contributed by atoms with E-state index in [2.05, 4.69) is 0 Å². The van der Waals surface area contributed by atoms with Crippen LogP contribution in [0.4, 0.5) is 0 Å². The van der Waals surface area contributed by atoms with Gasteiger partial charge in [0.15, 0.2) is 5.12 Å². The standard InChI is InChI=1S/C8H11ClN2/c1-6-2-4-7(5-3-6)8(9,10)11/h2-5H,10-11H2,1H3. The predicted octanol–water partition coefficient (Wildman–Crippen LogP) is 1.26. The lowest BCUT2D eigenvalue weighted by atomic mass is 10.1. The first-order valence-corrected chi connectivity index (χ1v) is 3.72. The fourth-order valence-electron chi connectivity index (χ4n) is 0.809. The Morgan fingerprint density at radius 3 is 2.00 bits per heavy atom. The topological polar surface area (TPSA) is 52.0 Å². The molecular weight excluding hydrogens is 160 g/mol. The molecule has 60 valence electrons. The van der Waals surface area contributed by atoms with E-state index in [1.807, 2.05) is 31.2 Å². The molecular formula is C8H11ClN2. The molecule has 0 unspecified atom stereocenters. The highest BCUT2D eigenvalue weighted by atomic mass is 35.5. The molecule has 0 aromatic heterocycles. The van der Waals surface area contributed by atoms with E-state index in [1.54, 1.807) is 0 Å². The second kappa shape index (κ2) is 2.81. The van der Waals surface area contributed by atoms with Crippen LogP contribution in [-0.2, 0) is 5.12 Å². The molecule has 0 aliphatic rings. The Morgan fingerprint density at radius 2 is 1.64 bits per heavy atom. The number of hydrogen-bond acceptors (Lipinski definition) is 2. The summed E-state index contributed by atoms with van der Waals surface area (Å²) in [5.41, 5.74) is 12.8. The van der Waals surface area contributed by atoms with Crippen LogP contribution in [0.25, 0.3) is 0 Å². The Bertz CT molecular complexity index is 235. The van der Waals surface area contributed by atoms with E-state index >= 15 is 0 Å². The summed E-state index contributed by atoms with van der Waals surface area (Å²) < 4.78 is 0. The summed E-state index contributed by atoms with van der Waals surface area (Å²) in [6, 6.07) is 7.49. The lowest BCUT2D eigenvalue weighted by molar-refractivity contribution is 0.679. The van der Waals surface area contributed by atoms with Crippen molar-refractivity contribution in [2.75, 3.05) is 0 Å². The molecule has 3 heteroatoms. The Balaban J connectivity index is 2.99. The Labute approximate surface area is 71.1 Å². The normalized spacial score (nSPS) is 11.6. The third-order valence-electron chi connectivity index (χ3n) is 1.49. The van der Waals surface area contributed by atoms with Crippen molar-refractivity contribution in [2.24, 2.45) is 11.5 Å². The van der Waals surface area contributed by atoms with Crippen molar-refractivity contribution in [1.82, 2.24) is 0 Å². The molecule has 0 aliphatic carbocycles. The van der Waals surface area contributed by atoms with Gasteiger partial charge >= 0.3 is 0 Å². The molecule has 0 amide bonds. The van der Waals surface area contributed by atoms with Crippen molar-refractivity contribution in [3.8, 4) is 0 Å². The Kier molecular flexibility index (Phi) is 2.18. The second-order valence-electron chi connectivity index (χ2n) is 2.63. The smallest absolute Gasteiger partial charge is 0.167 e. The molecule has 0 heterocycles. The average molecular weight is 171 g/mol. The minimum Gasteiger partial charge on any atom is -0.297 e. The fraction of sp³-hybridized carbons (Fsp3) is 0.250. The van der Waals surface area contributed by atoms with Crippen molar-refractivity contribution in [3.05, 3.63) is 35.4 Å². The van der Waals surface area contributed by atoms with Crippen molar-refractivity contribution in [3.63, 3.8) is 0 Å². The van der Waals surface area contributed by atoms with Crippen LogP contribution in [0.5, 0.6) is 0 Å². The maximum absolute atomic E-state index is 5.67. The lowest BCUT2D eigenvalue weighted by Gasteiger charge is -2.15. The zero-order valence-electron chi connectivity index (χ0n) is 6.34. The zero-order valence-corrected chi connectivity index (χ0v) is 7.10. The maximum Gasteiger partial charge on any atom is 0.167 e. The maximum atomic E-state index is 5.67. The van der Waals surface area contributed by atoms with Gasteiger partial charge in [-0.3, -0.25) is 11.5 Å². The Morgan fingerprint density at radius 1 is 1.18 bits per heavy atom. The fourth-order valence-corrected chi connectivity index (χ4v) is 0.935. The van der Waals surface area contributed by atoms with Crippen molar-refractivity contribution >= 4 is 11.6 Å². The van der Waals surface area contributed by atoms with E-state index in [1.165, 1.54) is 0 Å². The molecule has 1 aromatic rings. The summed E-state index contributed by atoms with van der Waals surface area (Å²) in [4.78, 5) is 0. The van der Waals surface area contributed by atoms with Crippen LogP contribution in [0.1, 0.15) is 11.1 Å². The minimum atomic E-state index is -1.24. The third-order valence-corrected chi connectivity index (χ3v) is 1.71. The molecule has 0 saturated heterocycles. The van der Waals surface area contributed by atoms with Gasteiger partial charge in [0.2, 0.25) is 0 Å². The predicted molar refractivity (Wildman–Crippen MR) is 47.1 cm³/mol. The minimum absolute atomic E-state index is 0.727. The first-order valence-electron chi connectivity index (χ1n) is 3.34. The van der Waals surface area contributed by atoms with Gasteiger partial charge in [0, 0.05) is 5.56 Å². The number of halogens is 1. The summed E-state index contributed by atoms with van der Waals surface area (Å²) in [5, 5.41) is -1.24. The highest BCUT2D eigenvalue weighted by molar-refractivity contribution is 6.23. The van der Waals surface area contributed by atoms with Crippen molar-refractivity contribution < 1.29 is 0 Å². The van der Waals surface area contributed by atoms with Crippen LogP contribution in [0.2, 0.25) is 0 Å². The molecule has 0 spiro atoms. The van der Waals surface area contributed by atoms with Gasteiger partial charge in [0.05, 0.1) is 0 Å². The monoisotopic (exact) mass is 170 g/mol. The van der Waals surface area contributed by atoms with Crippen molar-refractivity contribution in [1.29, 1.82) is 0 Å². The molecule has 0 aliphatic heterocycles. The number of aryl methyl sites for hydroxylation is 1. The first-order chi connectivity index (χ1) is 5.00. The molecule has 11 heavy (non-hydrogen) atoms. The first kappa shape index (κ1) is 8.53. The second-order valence-corrected chi connectivity index (χ2v) is 3.26. The van der Waals surface area contributed by atoms with Crippen LogP contribution < -0.4 is 11.5 Å². The van der Waals surface area contributed by atoms with Gasteiger partial charge in [0.1, 0.15) is 0 Å². The van der Waals surface area contributed by atoms with Crippen molar-refractivity contribution in [2.45, 2.75) is 12.0 Å². The van der Waals surface area contributed by atoms with Crippen LogP contribution >= 0.6 is 11.6 Å². The SMILES string of the molecule is Cc1ccc(C(N)(N)Cl)cc1. The molecule has 0 radical (unpaired) electrons. The molecule has 0 atom stereocenters. The van der Waals surface area contributed by atoms with E-state index in [0.29, 0.717) is 0 Å². The van der Waals surface area contributed by atoms with E-state index in [9.17, 15) is 0 Å². The van der Waals surface area contributed by atoms with Crippen LogP contribution in [0.15, 0.2) is 24.3 Å². The quantitative estimate of drug-likeness (QED) is 0.379. The van der Waals surface area contributed by atoms with Gasteiger partial charge in [-0.15, -0.1) is 0 Å². The van der Waals surface area contributed by atoms with Crippen LogP contribution in [0.3, 0.4) is 0 Å². The largest absolute Gasteiger partial charge is 0.297 e. The molecule has 2 nitrogen and oxygen atoms in total. The molecule has 0 bridgehead atoms. The number of alkyl halides is 1. The zero-order chi connectivity index (χ0) is 8.48. The molecule has 0 fully saturated rings. The van der Waals surface area contributed by atoms with E-state index < -0.39 is 5.12 Å². The van der Waals surface area contributed by atoms with E-state index in [0.717, 1.165) is 11.1 Å². The summed E-state index contributed by atoms with van der Waals surface area (Å²) >= 11 is 5.67. The lowest BCUT2D eigenvalue weighted by Crippen LogP contribution is -2.39. The number of rotatable bonds is 1. The number of benzene rings is 1. The van der Waals surface area contributed by atoms with Gasteiger partial charge < -0.3 is 0 Å². The van der Waals surface area contributed by atoms with E-state index in [-0.39, 0.29) is 0 Å². The summed E-state index contributed by atoms with van der Waals surface area (Å²) in [6.45, 7) is 1.99. The summed E-state index contributed by atoms with van der Waals surface area (Å²) in [7, 11) is 0. The van der Waals surface area contributed by atoms with Crippen LogP contribution in [-0.4, -0.2) is 0 Å². The molecule has 0 saturated carbocycles. The third kappa shape index (κ3) is 2.19. The van der Waals surface area contributed by atoms with Gasteiger partial charge in [0.25, 0.3) is 0 Å². The molecule has 4 N–H and O–H groups in total. The number of nitrogens with two attached hydrogens (primary N) is 2. The summed E-state index contributed by atoms with van der Waals surface area (Å²) in [6.07, 6.45) is 0. The molecule has 1 rings (SSSR count). The van der Waals surface area contributed by atoms with Gasteiger partial charge in [-0.1, -0.05) is 41.4 Å². The van der Waals surface area contributed by atoms with Gasteiger partial charge in [-0.2, -0.15) is 0 Å². The van der Waals surface area contributed by atoms with Gasteiger partial charge in [-0.25, -0.2) is 0 Å². The molecule has 1 aromatic carbocycles. The highest BCUT2D eigenvalue weighted by Gasteiger charge is 2.16. The van der Waals surface area contributed by atoms with E-state index in [4.69, 9.17) is 23.1 Å². The van der Waals surface area contributed by atoms with Gasteiger partial charge in [-0.05, 0) is 6.92 Å². The number of hydrogen-bond donors (Lipinski definition) is 2. The summed E-state index contributed by atoms with van der Waals surface area (Å²) in [5.74, 6) is 0. The Hall–Kier alpha value is -0.570. The highest BCUT2D eigenvalue weighted by Crippen LogP contribution is 2.16.